The van der Waals surface area contributed by atoms with Gasteiger partial charge >= 0.3 is 0 Å². The largest absolute Gasteiger partial charge is 0.494 e. The van der Waals surface area contributed by atoms with Crippen LogP contribution in [0, 0.1) is 11.7 Å². The van der Waals surface area contributed by atoms with Gasteiger partial charge in [-0.2, -0.15) is 5.10 Å². The molecular formula is C27H33FN4O2. The van der Waals surface area contributed by atoms with Gasteiger partial charge < -0.3 is 9.64 Å². The van der Waals surface area contributed by atoms with Crippen LogP contribution in [0.1, 0.15) is 42.8 Å². The number of carbonyl (C=O) groups excluding carboxylic acids is 1. The van der Waals surface area contributed by atoms with Gasteiger partial charge in [-0.05, 0) is 35.7 Å². The first-order chi connectivity index (χ1) is 16.4. The zero-order valence-electron chi connectivity index (χ0n) is 20.4. The molecule has 1 aliphatic heterocycles. The van der Waals surface area contributed by atoms with Crippen molar-refractivity contribution < 1.29 is 13.9 Å². The minimum atomic E-state index is -0.223. The molecule has 0 saturated heterocycles. The van der Waals surface area contributed by atoms with Gasteiger partial charge in [0.05, 0.1) is 25.0 Å². The molecule has 0 aliphatic carbocycles. The molecule has 3 aromatic rings. The quantitative estimate of drug-likeness (QED) is 0.490. The van der Waals surface area contributed by atoms with E-state index in [9.17, 15) is 9.18 Å². The molecule has 0 radical (unpaired) electrons. The second-order valence-electron chi connectivity index (χ2n) is 9.39. The van der Waals surface area contributed by atoms with Gasteiger partial charge in [0.2, 0.25) is 5.91 Å². The van der Waals surface area contributed by atoms with E-state index < -0.39 is 0 Å². The third-order valence-corrected chi connectivity index (χ3v) is 6.25. The van der Waals surface area contributed by atoms with E-state index in [-0.39, 0.29) is 11.7 Å². The van der Waals surface area contributed by atoms with Crippen LogP contribution in [0.3, 0.4) is 0 Å². The molecule has 0 saturated carbocycles. The predicted octanol–water partition coefficient (Wildman–Crippen LogP) is 4.58. The van der Waals surface area contributed by atoms with Crippen LogP contribution in [0.15, 0.2) is 48.5 Å². The Hall–Kier alpha value is -3.19. The number of carbonyl (C=O) groups is 1. The molecule has 0 fully saturated rings. The number of fused-ring (bicyclic) bond motifs is 1. The molecule has 7 heteroatoms. The molecule has 4 rings (SSSR count). The number of hydrogen-bond donors (Lipinski definition) is 0. The fourth-order valence-corrected chi connectivity index (χ4v) is 4.47. The molecule has 2 heterocycles. The van der Waals surface area contributed by atoms with Crippen molar-refractivity contribution in [3.8, 4) is 11.4 Å². The Morgan fingerprint density at radius 2 is 1.91 bits per heavy atom. The standard InChI is InChI=1S/C27H33FN4O2/c1-19(2)15-27(33)30(3)18-23-22-17-31(16-20-9-11-21(28)12-10-20)14-13-24(22)32(29-23)25-7-5-6-8-26(25)34-4/h5-12,19H,13-18H2,1-4H3. The molecule has 1 aliphatic rings. The molecule has 0 unspecified atom stereocenters. The number of nitrogens with zero attached hydrogens (tertiary/aromatic N) is 4. The number of ether oxygens (including phenoxy) is 1. The van der Waals surface area contributed by atoms with E-state index in [2.05, 4.69) is 18.7 Å². The van der Waals surface area contributed by atoms with Crippen molar-refractivity contribution in [3.05, 3.63) is 76.9 Å². The first-order valence-corrected chi connectivity index (χ1v) is 11.8. The summed E-state index contributed by atoms with van der Waals surface area (Å²) in [6.07, 6.45) is 1.34. The van der Waals surface area contributed by atoms with Gasteiger partial charge in [0.1, 0.15) is 17.3 Å². The summed E-state index contributed by atoms with van der Waals surface area (Å²) >= 11 is 0. The maximum absolute atomic E-state index is 13.3. The van der Waals surface area contributed by atoms with Crippen LogP contribution in [0.4, 0.5) is 4.39 Å². The van der Waals surface area contributed by atoms with Crippen LogP contribution in [-0.2, 0) is 30.8 Å². The Labute approximate surface area is 200 Å². The first kappa shape index (κ1) is 24.0. The van der Waals surface area contributed by atoms with E-state index in [4.69, 9.17) is 9.84 Å². The van der Waals surface area contributed by atoms with E-state index in [1.807, 2.05) is 48.1 Å². The summed E-state index contributed by atoms with van der Waals surface area (Å²) in [5, 5.41) is 4.99. The van der Waals surface area contributed by atoms with Gasteiger partial charge in [-0.3, -0.25) is 9.69 Å². The molecule has 0 atom stereocenters. The number of hydrogen-bond acceptors (Lipinski definition) is 4. The summed E-state index contributed by atoms with van der Waals surface area (Å²) in [6, 6.07) is 14.6. The Morgan fingerprint density at radius 1 is 1.18 bits per heavy atom. The van der Waals surface area contributed by atoms with Crippen molar-refractivity contribution in [3.63, 3.8) is 0 Å². The van der Waals surface area contributed by atoms with Crippen molar-refractivity contribution in [2.24, 2.45) is 5.92 Å². The molecule has 34 heavy (non-hydrogen) atoms. The van der Waals surface area contributed by atoms with E-state index in [1.54, 1.807) is 12.0 Å². The van der Waals surface area contributed by atoms with Crippen LogP contribution in [0.2, 0.25) is 0 Å². The average Bonchev–Trinajstić information content (AvgIpc) is 3.17. The Morgan fingerprint density at radius 3 is 2.62 bits per heavy atom. The number of methoxy groups -OCH3 is 1. The highest BCUT2D eigenvalue weighted by Crippen LogP contribution is 2.30. The number of rotatable bonds is 8. The Bertz CT molecular complexity index is 1140. The van der Waals surface area contributed by atoms with Crippen LogP contribution in [-0.4, -0.2) is 46.2 Å². The highest BCUT2D eigenvalue weighted by Gasteiger charge is 2.27. The summed E-state index contributed by atoms with van der Waals surface area (Å²) in [5.74, 6) is 0.965. The van der Waals surface area contributed by atoms with Crippen LogP contribution in [0.25, 0.3) is 5.69 Å². The van der Waals surface area contributed by atoms with Crippen LogP contribution in [0.5, 0.6) is 5.75 Å². The summed E-state index contributed by atoms with van der Waals surface area (Å²) in [7, 11) is 3.51. The Balaban J connectivity index is 1.66. The highest BCUT2D eigenvalue weighted by molar-refractivity contribution is 5.76. The van der Waals surface area contributed by atoms with E-state index in [0.29, 0.717) is 18.9 Å². The minimum Gasteiger partial charge on any atom is -0.494 e. The average molecular weight is 465 g/mol. The third-order valence-electron chi connectivity index (χ3n) is 6.25. The SMILES string of the molecule is COc1ccccc1-n1nc(CN(C)C(=O)CC(C)C)c2c1CCN(Cc1ccc(F)cc1)C2. The molecule has 1 aromatic heterocycles. The van der Waals surface area contributed by atoms with Crippen molar-refractivity contribution in [2.45, 2.75) is 46.3 Å². The van der Waals surface area contributed by atoms with Gasteiger partial charge in [-0.1, -0.05) is 38.1 Å². The smallest absolute Gasteiger partial charge is 0.222 e. The molecule has 0 N–H and O–H groups in total. The highest BCUT2D eigenvalue weighted by atomic mass is 19.1. The molecule has 0 bridgehead atoms. The lowest BCUT2D eigenvalue weighted by molar-refractivity contribution is -0.131. The lowest BCUT2D eigenvalue weighted by Crippen LogP contribution is -2.32. The zero-order valence-corrected chi connectivity index (χ0v) is 20.4. The monoisotopic (exact) mass is 464 g/mol. The molecule has 0 spiro atoms. The normalized spacial score (nSPS) is 13.7. The number of halogens is 1. The molecular weight excluding hydrogens is 431 g/mol. The molecule has 6 nitrogen and oxygen atoms in total. The number of para-hydroxylation sites is 2. The van der Waals surface area contributed by atoms with Crippen LogP contribution < -0.4 is 4.74 Å². The van der Waals surface area contributed by atoms with Gasteiger partial charge in [0.25, 0.3) is 0 Å². The van der Waals surface area contributed by atoms with Crippen molar-refractivity contribution in [1.29, 1.82) is 0 Å². The van der Waals surface area contributed by atoms with Gasteiger partial charge in [0, 0.05) is 45.1 Å². The van der Waals surface area contributed by atoms with E-state index in [1.165, 1.54) is 12.1 Å². The lowest BCUT2D eigenvalue weighted by Gasteiger charge is -2.28. The van der Waals surface area contributed by atoms with Crippen molar-refractivity contribution in [1.82, 2.24) is 19.6 Å². The number of aromatic nitrogens is 2. The molecule has 180 valence electrons. The lowest BCUT2D eigenvalue weighted by atomic mass is 10.0. The molecule has 2 aromatic carbocycles. The van der Waals surface area contributed by atoms with Crippen LogP contribution >= 0.6 is 0 Å². The maximum atomic E-state index is 13.3. The van der Waals surface area contributed by atoms with Crippen molar-refractivity contribution >= 4 is 5.91 Å². The number of amides is 1. The number of benzene rings is 2. The zero-order chi connectivity index (χ0) is 24.2. The van der Waals surface area contributed by atoms with E-state index in [0.717, 1.165) is 60.0 Å². The van der Waals surface area contributed by atoms with Gasteiger partial charge in [-0.15, -0.1) is 0 Å². The fourth-order valence-electron chi connectivity index (χ4n) is 4.47. The maximum Gasteiger partial charge on any atom is 0.222 e. The summed E-state index contributed by atoms with van der Waals surface area (Å²) in [6.45, 7) is 6.90. The second-order valence-corrected chi connectivity index (χ2v) is 9.39. The fraction of sp³-hybridized carbons (Fsp3) is 0.407. The van der Waals surface area contributed by atoms with E-state index >= 15 is 0 Å². The molecule has 1 amide bonds. The van der Waals surface area contributed by atoms with Crippen molar-refractivity contribution in [2.75, 3.05) is 20.7 Å². The minimum absolute atomic E-state index is 0.120. The topological polar surface area (TPSA) is 50.6 Å². The second kappa shape index (κ2) is 10.4. The summed E-state index contributed by atoms with van der Waals surface area (Å²) < 4.78 is 20.9. The summed E-state index contributed by atoms with van der Waals surface area (Å²) in [5.41, 5.74) is 5.19. The first-order valence-electron chi connectivity index (χ1n) is 11.8. The third kappa shape index (κ3) is 5.30. The Kier molecular flexibility index (Phi) is 7.32. The van der Waals surface area contributed by atoms with Gasteiger partial charge in [-0.25, -0.2) is 9.07 Å². The summed E-state index contributed by atoms with van der Waals surface area (Å²) in [4.78, 5) is 16.8. The predicted molar refractivity (Wildman–Crippen MR) is 130 cm³/mol. The van der Waals surface area contributed by atoms with Gasteiger partial charge in [0.15, 0.2) is 0 Å².